The summed E-state index contributed by atoms with van der Waals surface area (Å²) in [7, 11) is 0. The number of hydrogen-bond acceptors (Lipinski definition) is 4. The van der Waals surface area contributed by atoms with Gasteiger partial charge in [-0.15, -0.1) is 0 Å². The SMILES string of the molecule is Cc1c(Cl)cccc1NC(=O)c1ccnc(Nc2ccc(F)c(Cl)c2)n1. The van der Waals surface area contributed by atoms with Crippen molar-refractivity contribution < 1.29 is 9.18 Å². The van der Waals surface area contributed by atoms with E-state index in [1.165, 1.54) is 30.5 Å². The van der Waals surface area contributed by atoms with Gasteiger partial charge in [0.2, 0.25) is 5.95 Å². The first-order chi connectivity index (χ1) is 12.4. The zero-order valence-corrected chi connectivity index (χ0v) is 15.1. The molecule has 1 aromatic heterocycles. The summed E-state index contributed by atoms with van der Waals surface area (Å²) in [5, 5.41) is 6.17. The number of carbonyl (C=O) groups is 1. The van der Waals surface area contributed by atoms with Crippen LogP contribution in [0.3, 0.4) is 0 Å². The third-order valence-electron chi connectivity index (χ3n) is 3.58. The van der Waals surface area contributed by atoms with E-state index in [-0.39, 0.29) is 16.7 Å². The Morgan fingerprint density at radius 3 is 2.69 bits per heavy atom. The second-order valence-corrected chi connectivity index (χ2v) is 6.20. The van der Waals surface area contributed by atoms with Crippen molar-refractivity contribution in [3.8, 4) is 0 Å². The molecule has 0 spiro atoms. The average molecular weight is 391 g/mol. The van der Waals surface area contributed by atoms with Crippen molar-refractivity contribution in [1.82, 2.24) is 9.97 Å². The van der Waals surface area contributed by atoms with Crippen LogP contribution in [-0.2, 0) is 0 Å². The molecule has 1 amide bonds. The molecule has 132 valence electrons. The van der Waals surface area contributed by atoms with E-state index in [2.05, 4.69) is 20.6 Å². The molecule has 26 heavy (non-hydrogen) atoms. The fraction of sp³-hybridized carbons (Fsp3) is 0.0556. The molecule has 0 unspecified atom stereocenters. The number of hydrogen-bond donors (Lipinski definition) is 2. The van der Waals surface area contributed by atoms with Gasteiger partial charge in [0.1, 0.15) is 11.5 Å². The summed E-state index contributed by atoms with van der Waals surface area (Å²) in [4.78, 5) is 20.7. The molecule has 0 saturated carbocycles. The van der Waals surface area contributed by atoms with Crippen molar-refractivity contribution in [2.75, 3.05) is 10.6 Å². The third kappa shape index (κ3) is 4.09. The maximum Gasteiger partial charge on any atom is 0.274 e. The molecule has 1 heterocycles. The van der Waals surface area contributed by atoms with Crippen LogP contribution in [0, 0.1) is 12.7 Å². The molecule has 0 saturated heterocycles. The van der Waals surface area contributed by atoms with Crippen molar-refractivity contribution >= 4 is 46.4 Å². The normalized spacial score (nSPS) is 10.5. The summed E-state index contributed by atoms with van der Waals surface area (Å²) in [6, 6.07) is 10.8. The molecule has 3 aromatic rings. The number of halogens is 3. The standard InChI is InChI=1S/C18H13Cl2FN4O/c1-10-12(19)3-2-4-15(10)24-17(26)16-7-8-22-18(25-16)23-11-5-6-14(21)13(20)9-11/h2-9H,1H3,(H,24,26)(H,22,23,25). The molecule has 0 aliphatic rings. The Hall–Kier alpha value is -2.70. The van der Waals surface area contributed by atoms with Crippen molar-refractivity contribution in [3.05, 3.63) is 75.8 Å². The van der Waals surface area contributed by atoms with Gasteiger partial charge in [0.05, 0.1) is 5.02 Å². The van der Waals surface area contributed by atoms with Crippen LogP contribution in [0.2, 0.25) is 10.0 Å². The summed E-state index contributed by atoms with van der Waals surface area (Å²) in [6.45, 7) is 1.81. The zero-order chi connectivity index (χ0) is 18.7. The first-order valence-electron chi connectivity index (χ1n) is 7.55. The molecule has 2 N–H and O–H groups in total. The second-order valence-electron chi connectivity index (χ2n) is 5.39. The number of amides is 1. The highest BCUT2D eigenvalue weighted by atomic mass is 35.5. The molecule has 5 nitrogen and oxygen atoms in total. The van der Waals surface area contributed by atoms with E-state index in [9.17, 15) is 9.18 Å². The third-order valence-corrected chi connectivity index (χ3v) is 4.28. The Bertz CT molecular complexity index is 981. The quantitative estimate of drug-likeness (QED) is 0.640. The van der Waals surface area contributed by atoms with E-state index in [1.807, 2.05) is 6.92 Å². The molecular formula is C18H13Cl2FN4O. The minimum atomic E-state index is -0.525. The Kier molecular flexibility index (Phi) is 5.35. The van der Waals surface area contributed by atoms with Gasteiger partial charge in [0, 0.05) is 22.6 Å². The Morgan fingerprint density at radius 1 is 1.12 bits per heavy atom. The predicted octanol–water partition coefficient (Wildman–Crippen LogP) is 5.23. The van der Waals surface area contributed by atoms with Crippen molar-refractivity contribution in [1.29, 1.82) is 0 Å². The van der Waals surface area contributed by atoms with Crippen molar-refractivity contribution in [2.45, 2.75) is 6.92 Å². The van der Waals surface area contributed by atoms with Crippen LogP contribution in [0.4, 0.5) is 21.7 Å². The van der Waals surface area contributed by atoms with Gasteiger partial charge in [0.15, 0.2) is 0 Å². The fourth-order valence-electron chi connectivity index (χ4n) is 2.18. The summed E-state index contributed by atoms with van der Waals surface area (Å²) in [5.41, 5.74) is 2.02. The molecular weight excluding hydrogens is 378 g/mol. The monoisotopic (exact) mass is 390 g/mol. The van der Waals surface area contributed by atoms with E-state index in [1.54, 1.807) is 18.2 Å². The summed E-state index contributed by atoms with van der Waals surface area (Å²) >= 11 is 11.8. The molecule has 0 bridgehead atoms. The summed E-state index contributed by atoms with van der Waals surface area (Å²) in [5.74, 6) is -0.746. The molecule has 0 fully saturated rings. The molecule has 8 heteroatoms. The number of nitrogens with zero attached hydrogens (tertiary/aromatic N) is 2. The lowest BCUT2D eigenvalue weighted by molar-refractivity contribution is 0.102. The Balaban J connectivity index is 1.79. The molecule has 0 aliphatic heterocycles. The van der Waals surface area contributed by atoms with Crippen LogP contribution < -0.4 is 10.6 Å². The molecule has 0 aliphatic carbocycles. The highest BCUT2D eigenvalue weighted by Gasteiger charge is 2.12. The zero-order valence-electron chi connectivity index (χ0n) is 13.6. The van der Waals surface area contributed by atoms with Crippen LogP contribution in [0.5, 0.6) is 0 Å². The van der Waals surface area contributed by atoms with Crippen LogP contribution >= 0.6 is 23.2 Å². The van der Waals surface area contributed by atoms with E-state index in [0.29, 0.717) is 16.4 Å². The number of aromatic nitrogens is 2. The van der Waals surface area contributed by atoms with E-state index >= 15 is 0 Å². The van der Waals surface area contributed by atoms with E-state index < -0.39 is 11.7 Å². The molecule has 0 atom stereocenters. The van der Waals surface area contributed by atoms with Crippen LogP contribution in [-0.4, -0.2) is 15.9 Å². The van der Waals surface area contributed by atoms with Gasteiger partial charge in [-0.2, -0.15) is 0 Å². The van der Waals surface area contributed by atoms with Gasteiger partial charge in [-0.1, -0.05) is 29.3 Å². The lowest BCUT2D eigenvalue weighted by atomic mass is 10.2. The van der Waals surface area contributed by atoms with E-state index in [0.717, 1.165) is 5.56 Å². The first-order valence-corrected chi connectivity index (χ1v) is 8.31. The van der Waals surface area contributed by atoms with Gasteiger partial charge in [-0.25, -0.2) is 14.4 Å². The Labute approximate surface area is 159 Å². The van der Waals surface area contributed by atoms with Gasteiger partial charge >= 0.3 is 0 Å². The largest absolute Gasteiger partial charge is 0.324 e. The van der Waals surface area contributed by atoms with Crippen molar-refractivity contribution in [3.63, 3.8) is 0 Å². The maximum absolute atomic E-state index is 13.2. The fourth-order valence-corrected chi connectivity index (χ4v) is 2.53. The predicted molar refractivity (Wildman–Crippen MR) is 101 cm³/mol. The van der Waals surface area contributed by atoms with Gasteiger partial charge in [-0.05, 0) is 48.9 Å². The highest BCUT2D eigenvalue weighted by Crippen LogP contribution is 2.24. The minimum absolute atomic E-state index is 0.0275. The number of nitrogens with one attached hydrogen (secondary N) is 2. The summed E-state index contributed by atoms with van der Waals surface area (Å²) < 4.78 is 13.2. The molecule has 3 rings (SSSR count). The van der Waals surface area contributed by atoms with Crippen LogP contribution in [0.15, 0.2) is 48.7 Å². The summed E-state index contributed by atoms with van der Waals surface area (Å²) in [6.07, 6.45) is 1.44. The number of rotatable bonds is 4. The van der Waals surface area contributed by atoms with Crippen LogP contribution in [0.1, 0.15) is 16.1 Å². The van der Waals surface area contributed by atoms with Crippen molar-refractivity contribution in [2.24, 2.45) is 0 Å². The smallest absolute Gasteiger partial charge is 0.274 e. The highest BCUT2D eigenvalue weighted by molar-refractivity contribution is 6.32. The number of carbonyl (C=O) groups excluding carboxylic acids is 1. The maximum atomic E-state index is 13.2. The number of anilines is 3. The van der Waals surface area contributed by atoms with Gasteiger partial charge in [0.25, 0.3) is 5.91 Å². The van der Waals surface area contributed by atoms with Gasteiger partial charge in [-0.3, -0.25) is 4.79 Å². The number of benzene rings is 2. The molecule has 2 aromatic carbocycles. The lowest BCUT2D eigenvalue weighted by Gasteiger charge is -2.10. The Morgan fingerprint density at radius 2 is 1.92 bits per heavy atom. The minimum Gasteiger partial charge on any atom is -0.324 e. The molecule has 0 radical (unpaired) electrons. The topological polar surface area (TPSA) is 66.9 Å². The van der Waals surface area contributed by atoms with E-state index in [4.69, 9.17) is 23.2 Å². The first kappa shape index (κ1) is 18.1. The van der Waals surface area contributed by atoms with Crippen LogP contribution in [0.25, 0.3) is 0 Å². The second kappa shape index (κ2) is 7.68. The van der Waals surface area contributed by atoms with Gasteiger partial charge < -0.3 is 10.6 Å². The average Bonchev–Trinajstić information content (AvgIpc) is 2.62. The lowest BCUT2D eigenvalue weighted by Crippen LogP contribution is -2.15.